The standard InChI is InChI=1S/C25H25N5O6/c1-14-18(24(33)29-26-12-16-5-7-20(31)22(9-16)35-3)11-19(15(2)28-14)25(34)30-27-13-17-6-8-21(32)23(10-17)36-4/h5-13,31-32H,1-4H3,(H,29,33)(H,30,34)/b26-12+,27-13+. The zero-order valence-electron chi connectivity index (χ0n) is 20.1. The number of aryl methyl sites for hydroxylation is 2. The van der Waals surface area contributed by atoms with Crippen LogP contribution in [0.1, 0.15) is 43.2 Å². The van der Waals surface area contributed by atoms with E-state index in [1.54, 1.807) is 38.1 Å². The van der Waals surface area contributed by atoms with Crippen molar-refractivity contribution in [2.45, 2.75) is 13.8 Å². The summed E-state index contributed by atoms with van der Waals surface area (Å²) in [6.07, 6.45) is 2.77. The lowest BCUT2D eigenvalue weighted by molar-refractivity contribution is 0.0954. The minimum absolute atomic E-state index is 0.0158. The molecule has 0 radical (unpaired) electrons. The third kappa shape index (κ3) is 6.14. The summed E-state index contributed by atoms with van der Waals surface area (Å²) in [6, 6.07) is 10.6. The smallest absolute Gasteiger partial charge is 0.273 e. The van der Waals surface area contributed by atoms with Crippen molar-refractivity contribution in [1.29, 1.82) is 0 Å². The van der Waals surface area contributed by atoms with Crippen molar-refractivity contribution in [3.8, 4) is 23.0 Å². The summed E-state index contributed by atoms with van der Waals surface area (Å²) < 4.78 is 10.1. The summed E-state index contributed by atoms with van der Waals surface area (Å²) in [7, 11) is 2.85. The van der Waals surface area contributed by atoms with E-state index in [9.17, 15) is 19.8 Å². The Morgan fingerprint density at radius 2 is 1.19 bits per heavy atom. The SMILES string of the molecule is COc1cc(/C=N/NC(=O)c2cc(C(=O)N/N=C/c3ccc(O)c(OC)c3)c(C)nc2C)ccc1O. The maximum atomic E-state index is 12.7. The van der Waals surface area contributed by atoms with Gasteiger partial charge in [-0.2, -0.15) is 10.2 Å². The van der Waals surface area contributed by atoms with E-state index in [4.69, 9.17) is 9.47 Å². The van der Waals surface area contributed by atoms with Crippen LogP contribution < -0.4 is 20.3 Å². The highest BCUT2D eigenvalue weighted by atomic mass is 16.5. The number of carbonyl (C=O) groups is 2. The Labute approximate surface area is 207 Å². The van der Waals surface area contributed by atoms with Crippen LogP contribution in [-0.2, 0) is 0 Å². The highest BCUT2D eigenvalue weighted by Gasteiger charge is 2.17. The number of phenols is 2. The number of carbonyl (C=O) groups excluding carboxylic acids is 2. The molecule has 4 N–H and O–H groups in total. The van der Waals surface area contributed by atoms with Crippen LogP contribution in [0.25, 0.3) is 0 Å². The summed E-state index contributed by atoms with van der Waals surface area (Å²) in [5.41, 5.74) is 7.15. The van der Waals surface area contributed by atoms with Gasteiger partial charge >= 0.3 is 0 Å². The number of pyridine rings is 1. The molecule has 0 spiro atoms. The summed E-state index contributed by atoms with van der Waals surface area (Å²) in [6.45, 7) is 3.29. The van der Waals surface area contributed by atoms with Gasteiger partial charge in [0, 0.05) is 0 Å². The van der Waals surface area contributed by atoms with Crippen molar-refractivity contribution >= 4 is 24.2 Å². The molecule has 0 atom stereocenters. The van der Waals surface area contributed by atoms with E-state index in [1.807, 2.05) is 0 Å². The predicted octanol–water partition coefficient (Wildman–Crippen LogP) is 2.65. The summed E-state index contributed by atoms with van der Waals surface area (Å²) in [5, 5.41) is 27.2. The first-order valence-corrected chi connectivity index (χ1v) is 10.6. The maximum Gasteiger partial charge on any atom is 0.273 e. The van der Waals surface area contributed by atoms with E-state index in [1.165, 1.54) is 44.8 Å². The number of phenolic OH excluding ortho intramolecular Hbond substituents is 2. The van der Waals surface area contributed by atoms with Gasteiger partial charge in [-0.3, -0.25) is 14.6 Å². The summed E-state index contributed by atoms with van der Waals surface area (Å²) in [4.78, 5) is 29.7. The summed E-state index contributed by atoms with van der Waals surface area (Å²) in [5.74, 6) is -0.610. The molecule has 36 heavy (non-hydrogen) atoms. The Kier molecular flexibility index (Phi) is 8.18. The van der Waals surface area contributed by atoms with Crippen molar-refractivity contribution in [1.82, 2.24) is 15.8 Å². The first-order chi connectivity index (χ1) is 17.2. The van der Waals surface area contributed by atoms with Gasteiger partial charge in [0.2, 0.25) is 0 Å². The lowest BCUT2D eigenvalue weighted by atomic mass is 10.1. The predicted molar refractivity (Wildman–Crippen MR) is 133 cm³/mol. The minimum Gasteiger partial charge on any atom is -0.504 e. The fourth-order valence-electron chi connectivity index (χ4n) is 3.19. The Hall–Kier alpha value is -4.93. The highest BCUT2D eigenvalue weighted by Crippen LogP contribution is 2.26. The number of nitrogens with one attached hydrogen (secondary N) is 2. The van der Waals surface area contributed by atoms with Gasteiger partial charge in [0.1, 0.15) is 0 Å². The van der Waals surface area contributed by atoms with E-state index in [2.05, 4.69) is 26.0 Å². The molecular formula is C25H25N5O6. The maximum absolute atomic E-state index is 12.7. The number of methoxy groups -OCH3 is 2. The number of aromatic hydroxyl groups is 2. The van der Waals surface area contributed by atoms with E-state index in [0.717, 1.165) is 0 Å². The van der Waals surface area contributed by atoms with Crippen molar-refractivity contribution in [3.05, 3.63) is 76.1 Å². The van der Waals surface area contributed by atoms with Crippen LogP contribution in [0.5, 0.6) is 23.0 Å². The number of rotatable bonds is 8. The van der Waals surface area contributed by atoms with Gasteiger partial charge in [-0.1, -0.05) is 0 Å². The molecule has 2 aromatic carbocycles. The van der Waals surface area contributed by atoms with Crippen LogP contribution in [0.15, 0.2) is 52.7 Å². The Morgan fingerprint density at radius 3 is 1.58 bits per heavy atom. The van der Waals surface area contributed by atoms with Gasteiger partial charge in [0.25, 0.3) is 11.8 Å². The van der Waals surface area contributed by atoms with Crippen molar-refractivity contribution in [2.75, 3.05) is 14.2 Å². The average molecular weight is 492 g/mol. The molecular weight excluding hydrogens is 466 g/mol. The number of ether oxygens (including phenoxy) is 2. The average Bonchev–Trinajstić information content (AvgIpc) is 2.85. The van der Waals surface area contributed by atoms with Crippen LogP contribution in [0.3, 0.4) is 0 Å². The van der Waals surface area contributed by atoms with E-state index < -0.39 is 11.8 Å². The molecule has 11 heteroatoms. The van der Waals surface area contributed by atoms with Gasteiger partial charge < -0.3 is 19.7 Å². The number of hydrogen-bond donors (Lipinski definition) is 4. The normalized spacial score (nSPS) is 11.0. The highest BCUT2D eigenvalue weighted by molar-refractivity contribution is 6.01. The lowest BCUT2D eigenvalue weighted by Crippen LogP contribution is -2.23. The van der Waals surface area contributed by atoms with E-state index in [0.29, 0.717) is 22.5 Å². The molecule has 0 fully saturated rings. The van der Waals surface area contributed by atoms with Crippen molar-refractivity contribution < 1.29 is 29.3 Å². The number of amides is 2. The van der Waals surface area contributed by atoms with Gasteiger partial charge in [0.15, 0.2) is 23.0 Å². The minimum atomic E-state index is -0.560. The molecule has 0 unspecified atom stereocenters. The first kappa shape index (κ1) is 25.7. The lowest BCUT2D eigenvalue weighted by Gasteiger charge is -2.09. The van der Waals surface area contributed by atoms with Crippen LogP contribution in [0.4, 0.5) is 0 Å². The molecule has 0 bridgehead atoms. The third-order valence-electron chi connectivity index (χ3n) is 5.06. The van der Waals surface area contributed by atoms with E-state index >= 15 is 0 Å². The zero-order chi connectivity index (χ0) is 26.2. The Morgan fingerprint density at radius 1 is 0.778 bits per heavy atom. The molecule has 2 amide bonds. The zero-order valence-corrected chi connectivity index (χ0v) is 20.1. The Balaban J connectivity index is 1.71. The van der Waals surface area contributed by atoms with Crippen LogP contribution in [-0.4, -0.2) is 53.7 Å². The quantitative estimate of drug-likeness (QED) is 0.279. The fraction of sp³-hybridized carbons (Fsp3) is 0.160. The monoisotopic (exact) mass is 491 g/mol. The van der Waals surface area contributed by atoms with Gasteiger partial charge in [-0.05, 0) is 67.4 Å². The molecule has 0 aliphatic rings. The summed E-state index contributed by atoms with van der Waals surface area (Å²) >= 11 is 0. The molecule has 0 saturated carbocycles. The molecule has 3 rings (SSSR count). The van der Waals surface area contributed by atoms with Crippen LogP contribution in [0.2, 0.25) is 0 Å². The molecule has 0 aliphatic carbocycles. The van der Waals surface area contributed by atoms with Crippen LogP contribution in [0, 0.1) is 13.8 Å². The third-order valence-corrected chi connectivity index (χ3v) is 5.06. The van der Waals surface area contributed by atoms with Crippen molar-refractivity contribution in [3.63, 3.8) is 0 Å². The first-order valence-electron chi connectivity index (χ1n) is 10.6. The molecule has 1 heterocycles. The number of hydrogen-bond acceptors (Lipinski definition) is 9. The number of hydrazone groups is 2. The fourth-order valence-corrected chi connectivity index (χ4v) is 3.19. The second-order valence-electron chi connectivity index (χ2n) is 7.52. The number of aromatic nitrogens is 1. The molecule has 0 saturated heterocycles. The molecule has 0 aliphatic heterocycles. The van der Waals surface area contributed by atoms with Crippen molar-refractivity contribution in [2.24, 2.45) is 10.2 Å². The number of benzene rings is 2. The largest absolute Gasteiger partial charge is 0.504 e. The molecule has 3 aromatic rings. The Bertz CT molecular complexity index is 1250. The van der Waals surface area contributed by atoms with E-state index in [-0.39, 0.29) is 34.1 Å². The molecule has 186 valence electrons. The second kappa shape index (κ2) is 11.5. The van der Waals surface area contributed by atoms with Gasteiger partial charge in [0.05, 0.1) is 49.2 Å². The second-order valence-corrected chi connectivity index (χ2v) is 7.52. The number of nitrogens with zero attached hydrogens (tertiary/aromatic N) is 3. The van der Waals surface area contributed by atoms with Crippen LogP contribution >= 0.6 is 0 Å². The van der Waals surface area contributed by atoms with Gasteiger partial charge in [-0.15, -0.1) is 0 Å². The van der Waals surface area contributed by atoms with Gasteiger partial charge in [-0.25, -0.2) is 10.9 Å². The molecule has 1 aromatic heterocycles. The molecule has 11 nitrogen and oxygen atoms in total. The topological polar surface area (TPSA) is 155 Å².